The molecule has 17 heavy (non-hydrogen) atoms. The molecule has 0 rings (SSSR count). The van der Waals surface area contributed by atoms with Crippen molar-refractivity contribution < 1.29 is 19.3 Å². The van der Waals surface area contributed by atoms with Crippen molar-refractivity contribution in [3.63, 3.8) is 0 Å². The number of rotatable bonds is 10. The number of aliphatic carboxylic acids is 1. The minimum absolute atomic E-state index is 0.0546. The molecule has 0 bridgehead atoms. The van der Waals surface area contributed by atoms with Gasteiger partial charge in [-0.1, -0.05) is 19.8 Å². The van der Waals surface area contributed by atoms with Crippen molar-refractivity contribution in [2.75, 3.05) is 13.1 Å². The van der Waals surface area contributed by atoms with Gasteiger partial charge >= 0.3 is 14.0 Å². The van der Waals surface area contributed by atoms with Gasteiger partial charge < -0.3 is 15.1 Å². The smallest absolute Gasteiger partial charge is 0.378 e. The van der Waals surface area contributed by atoms with Gasteiger partial charge in [0.25, 0.3) is 5.97 Å². The lowest BCUT2D eigenvalue weighted by Crippen LogP contribution is -2.25. The van der Waals surface area contributed by atoms with E-state index < -0.39 is 5.97 Å². The molecule has 2 N–H and O–H groups in total. The van der Waals surface area contributed by atoms with Gasteiger partial charge in [0, 0.05) is 0 Å². The molecule has 0 amide bonds. The van der Waals surface area contributed by atoms with Crippen LogP contribution in [0.1, 0.15) is 39.0 Å². The van der Waals surface area contributed by atoms with Gasteiger partial charge in [0.15, 0.2) is 0 Å². The van der Waals surface area contributed by atoms with Crippen molar-refractivity contribution in [2.24, 2.45) is 5.92 Å². The summed E-state index contributed by atoms with van der Waals surface area (Å²) in [6.07, 6.45) is 4.15. The molecule has 1 unspecified atom stereocenters. The van der Waals surface area contributed by atoms with Crippen LogP contribution in [0.25, 0.3) is 0 Å². The molecular weight excluding hydrogens is 221 g/mol. The molecule has 0 heterocycles. The highest BCUT2D eigenvalue weighted by atomic mass is 16.5. The van der Waals surface area contributed by atoms with Gasteiger partial charge in [-0.3, -0.25) is 9.59 Å². The Bertz CT molecular complexity index is 236. The monoisotopic (exact) mass is 241 g/mol. The van der Waals surface area contributed by atoms with Crippen molar-refractivity contribution in [1.82, 2.24) is 5.32 Å². The van der Waals surface area contributed by atoms with Crippen LogP contribution in [0.4, 0.5) is 0 Å². The van der Waals surface area contributed by atoms with Crippen LogP contribution >= 0.6 is 0 Å². The number of carboxylic acids is 1. The Morgan fingerprint density at radius 3 is 2.53 bits per heavy atom. The number of carboxylic acid groups (broad SMARTS) is 1. The fourth-order valence-corrected chi connectivity index (χ4v) is 1.60. The molecule has 0 aliphatic carbocycles. The molecule has 0 aliphatic heterocycles. The molecule has 0 aromatic rings. The number of nitrogens with one attached hydrogen (secondary N) is 1. The van der Waals surface area contributed by atoms with Gasteiger partial charge in [0.2, 0.25) is 0 Å². The third-order valence-electron chi connectivity index (χ3n) is 2.54. The molecule has 6 heteroatoms. The van der Waals surface area contributed by atoms with E-state index in [4.69, 9.17) is 13.2 Å². The van der Waals surface area contributed by atoms with E-state index in [0.29, 0.717) is 13.0 Å². The second-order valence-electron chi connectivity index (χ2n) is 3.99. The van der Waals surface area contributed by atoms with Crippen molar-refractivity contribution >= 4 is 20.0 Å². The largest absolute Gasteiger partial charge is 0.543 e. The van der Waals surface area contributed by atoms with Crippen molar-refractivity contribution in [1.29, 1.82) is 0 Å². The highest BCUT2D eigenvalue weighted by Gasteiger charge is 2.17. The van der Waals surface area contributed by atoms with E-state index in [0.717, 1.165) is 25.7 Å². The number of unbranched alkanes of at least 4 members (excludes halogenated alkanes) is 1. The van der Waals surface area contributed by atoms with Crippen LogP contribution in [-0.4, -0.2) is 38.2 Å². The van der Waals surface area contributed by atoms with Crippen molar-refractivity contribution in [3.05, 3.63) is 0 Å². The zero-order chi connectivity index (χ0) is 13.1. The van der Waals surface area contributed by atoms with Gasteiger partial charge in [0.1, 0.15) is 0 Å². The lowest BCUT2D eigenvalue weighted by atomic mass is 9.96. The Kier molecular flexibility index (Phi) is 9.52. The summed E-state index contributed by atoms with van der Waals surface area (Å²) in [6, 6.07) is 0. The Morgan fingerprint density at radius 1 is 1.35 bits per heavy atom. The van der Waals surface area contributed by atoms with Gasteiger partial charge in [-0.05, 0) is 25.8 Å². The fourth-order valence-electron chi connectivity index (χ4n) is 1.60. The second kappa shape index (κ2) is 10.1. The summed E-state index contributed by atoms with van der Waals surface area (Å²) in [6.45, 7) is 2.58. The lowest BCUT2D eigenvalue weighted by molar-refractivity contribution is -0.139. The van der Waals surface area contributed by atoms with Gasteiger partial charge in [-0.25, -0.2) is 0 Å². The first-order chi connectivity index (χ1) is 8.11. The van der Waals surface area contributed by atoms with Crippen LogP contribution in [-0.2, 0) is 14.2 Å². The minimum Gasteiger partial charge on any atom is -0.543 e. The first-order valence-corrected chi connectivity index (χ1v) is 5.94. The average Bonchev–Trinajstić information content (AvgIpc) is 2.31. The number of hydrogen-bond donors (Lipinski definition) is 2. The molecule has 1 atom stereocenters. The van der Waals surface area contributed by atoms with Gasteiger partial charge in [0.05, 0.1) is 12.5 Å². The SMILES string of the molecule is [B]OC(=O)C(CCCC)CCCNCC(=O)O. The van der Waals surface area contributed by atoms with E-state index in [9.17, 15) is 9.59 Å². The van der Waals surface area contributed by atoms with E-state index in [-0.39, 0.29) is 18.4 Å². The molecule has 0 fully saturated rings. The highest BCUT2D eigenvalue weighted by Crippen LogP contribution is 2.16. The summed E-state index contributed by atoms with van der Waals surface area (Å²) in [5.74, 6) is -1.43. The molecule has 0 saturated carbocycles. The Balaban J connectivity index is 3.75. The summed E-state index contributed by atoms with van der Waals surface area (Å²) in [4.78, 5) is 21.6. The van der Waals surface area contributed by atoms with E-state index in [1.165, 1.54) is 0 Å². The summed E-state index contributed by atoms with van der Waals surface area (Å²) in [7, 11) is 4.87. The number of carbonyl (C=O) groups excluding carboxylic acids is 1. The normalized spacial score (nSPS) is 12.1. The maximum Gasteiger partial charge on any atom is 0.378 e. The Morgan fingerprint density at radius 2 is 2.00 bits per heavy atom. The predicted molar refractivity (Wildman–Crippen MR) is 64.6 cm³/mol. The van der Waals surface area contributed by atoms with E-state index in [1.54, 1.807) is 0 Å². The van der Waals surface area contributed by atoms with Crippen molar-refractivity contribution in [2.45, 2.75) is 39.0 Å². The third-order valence-corrected chi connectivity index (χ3v) is 2.54. The van der Waals surface area contributed by atoms with E-state index >= 15 is 0 Å². The van der Waals surface area contributed by atoms with Crippen LogP contribution in [0.3, 0.4) is 0 Å². The average molecular weight is 241 g/mol. The molecule has 0 aliphatic rings. The first kappa shape index (κ1) is 16.0. The van der Waals surface area contributed by atoms with Gasteiger partial charge in [-0.15, -0.1) is 0 Å². The highest BCUT2D eigenvalue weighted by molar-refractivity contribution is 6.05. The quantitative estimate of drug-likeness (QED) is 0.438. The van der Waals surface area contributed by atoms with Gasteiger partial charge in [-0.2, -0.15) is 0 Å². The zero-order valence-corrected chi connectivity index (χ0v) is 10.3. The third kappa shape index (κ3) is 8.74. The van der Waals surface area contributed by atoms with Crippen LogP contribution in [0.2, 0.25) is 0 Å². The molecule has 0 saturated heterocycles. The minimum atomic E-state index is -0.881. The molecule has 0 aromatic carbocycles. The molecule has 96 valence electrons. The summed E-state index contributed by atoms with van der Waals surface area (Å²) in [5.41, 5.74) is 0. The molecule has 2 radical (unpaired) electrons. The van der Waals surface area contributed by atoms with Crippen molar-refractivity contribution in [3.8, 4) is 0 Å². The topological polar surface area (TPSA) is 75.6 Å². The van der Waals surface area contributed by atoms with Crippen LogP contribution in [0, 0.1) is 5.92 Å². The predicted octanol–water partition coefficient (Wildman–Crippen LogP) is 0.874. The summed E-state index contributed by atoms with van der Waals surface area (Å²) < 4.78 is 4.25. The number of hydrogen-bond acceptors (Lipinski definition) is 4. The second-order valence-corrected chi connectivity index (χ2v) is 3.99. The lowest BCUT2D eigenvalue weighted by Gasteiger charge is -2.14. The molecule has 0 spiro atoms. The van der Waals surface area contributed by atoms with E-state index in [1.807, 2.05) is 0 Å². The molecular formula is C11H20BNO4. The standard InChI is InChI=1S/C11H20BNO4/c1-2-3-5-9(11(16)17-12)6-4-7-13-8-10(14)15/h9,13H,2-8H2,1H3,(H,14,15). The Hall–Kier alpha value is -1.04. The number of carbonyl (C=O) groups is 2. The fraction of sp³-hybridized carbons (Fsp3) is 0.818. The summed E-state index contributed by atoms with van der Waals surface area (Å²) >= 11 is 0. The molecule has 0 aromatic heterocycles. The van der Waals surface area contributed by atoms with Crippen LogP contribution in [0.5, 0.6) is 0 Å². The maximum absolute atomic E-state index is 11.3. The molecule has 5 nitrogen and oxygen atoms in total. The maximum atomic E-state index is 11.3. The zero-order valence-electron chi connectivity index (χ0n) is 10.3. The van der Waals surface area contributed by atoms with Crippen LogP contribution in [0.15, 0.2) is 0 Å². The summed E-state index contributed by atoms with van der Waals surface area (Å²) in [5, 5.41) is 11.2. The first-order valence-electron chi connectivity index (χ1n) is 5.94. The Labute approximate surface area is 103 Å². The van der Waals surface area contributed by atoms with E-state index in [2.05, 4.69) is 16.9 Å². The van der Waals surface area contributed by atoms with Crippen LogP contribution < -0.4 is 5.32 Å².